The Morgan fingerprint density at radius 1 is 1.00 bits per heavy atom. The maximum atomic E-state index is 12.6. The predicted octanol–water partition coefficient (Wildman–Crippen LogP) is 4.44. The summed E-state index contributed by atoms with van der Waals surface area (Å²) in [6.45, 7) is 8.23. The minimum absolute atomic E-state index is 0.0331. The lowest BCUT2D eigenvalue weighted by atomic mass is 9.95. The molecule has 1 atom stereocenters. The number of hydrogen-bond donors (Lipinski definition) is 1. The van der Waals surface area contributed by atoms with Crippen LogP contribution in [0.4, 0.5) is 0 Å². The summed E-state index contributed by atoms with van der Waals surface area (Å²) >= 11 is 0. The molecular formula is C20H25NO2. The average molecular weight is 311 g/mol. The normalized spacial score (nSPS) is 12.1. The minimum atomic E-state index is -0.0358. The number of methoxy groups -OCH3 is 1. The van der Waals surface area contributed by atoms with Crippen LogP contribution >= 0.6 is 0 Å². The quantitative estimate of drug-likeness (QED) is 0.886. The van der Waals surface area contributed by atoms with Crippen molar-refractivity contribution >= 4 is 5.91 Å². The van der Waals surface area contributed by atoms with Crippen molar-refractivity contribution < 1.29 is 9.53 Å². The van der Waals surface area contributed by atoms with Crippen LogP contribution in [-0.2, 0) is 0 Å². The van der Waals surface area contributed by atoms with Crippen LogP contribution < -0.4 is 10.1 Å². The summed E-state index contributed by atoms with van der Waals surface area (Å²) in [6, 6.07) is 13.7. The SMILES string of the molecule is COc1ccc(C(NC(=O)c2cc(C)cc(C)c2)C(C)C)cc1. The van der Waals surface area contributed by atoms with Gasteiger partial charge in [-0.3, -0.25) is 4.79 Å². The average Bonchev–Trinajstić information content (AvgIpc) is 2.51. The second kappa shape index (κ2) is 7.32. The van der Waals surface area contributed by atoms with Crippen molar-refractivity contribution in [3.05, 3.63) is 64.7 Å². The highest BCUT2D eigenvalue weighted by Crippen LogP contribution is 2.24. The van der Waals surface area contributed by atoms with E-state index in [1.54, 1.807) is 7.11 Å². The Hall–Kier alpha value is -2.29. The van der Waals surface area contributed by atoms with E-state index < -0.39 is 0 Å². The fourth-order valence-electron chi connectivity index (χ4n) is 2.78. The van der Waals surface area contributed by atoms with Gasteiger partial charge in [0.1, 0.15) is 5.75 Å². The number of carbonyl (C=O) groups is 1. The zero-order valence-corrected chi connectivity index (χ0v) is 14.5. The Balaban J connectivity index is 2.22. The highest BCUT2D eigenvalue weighted by molar-refractivity contribution is 5.94. The second-order valence-corrected chi connectivity index (χ2v) is 6.34. The number of amides is 1. The third kappa shape index (κ3) is 4.35. The van der Waals surface area contributed by atoms with Crippen LogP contribution in [-0.4, -0.2) is 13.0 Å². The number of benzene rings is 2. The molecule has 0 aliphatic carbocycles. The standard InChI is InChI=1S/C20H25NO2/c1-13(2)19(16-6-8-18(23-5)9-7-16)21-20(22)17-11-14(3)10-15(4)12-17/h6-13,19H,1-5H3,(H,21,22). The van der Waals surface area contributed by atoms with Crippen molar-refractivity contribution in [1.82, 2.24) is 5.32 Å². The largest absolute Gasteiger partial charge is 0.497 e. The van der Waals surface area contributed by atoms with Gasteiger partial charge < -0.3 is 10.1 Å². The molecule has 0 bridgehead atoms. The van der Waals surface area contributed by atoms with E-state index in [2.05, 4.69) is 25.2 Å². The summed E-state index contributed by atoms with van der Waals surface area (Å²) in [5.41, 5.74) is 3.99. The first kappa shape index (κ1) is 17.1. The molecule has 0 aliphatic rings. The number of hydrogen-bond acceptors (Lipinski definition) is 2. The van der Waals surface area contributed by atoms with E-state index in [-0.39, 0.29) is 11.9 Å². The van der Waals surface area contributed by atoms with Crippen LogP contribution in [0.2, 0.25) is 0 Å². The molecule has 23 heavy (non-hydrogen) atoms. The number of nitrogens with one attached hydrogen (secondary N) is 1. The molecule has 1 unspecified atom stereocenters. The molecule has 0 aliphatic heterocycles. The van der Waals surface area contributed by atoms with E-state index in [4.69, 9.17) is 4.74 Å². The Kier molecular flexibility index (Phi) is 5.43. The van der Waals surface area contributed by atoms with Crippen LogP contribution in [0.5, 0.6) is 5.75 Å². The van der Waals surface area contributed by atoms with Gasteiger partial charge in [-0.25, -0.2) is 0 Å². The Morgan fingerprint density at radius 3 is 2.04 bits per heavy atom. The van der Waals surface area contributed by atoms with Gasteiger partial charge in [-0.15, -0.1) is 0 Å². The van der Waals surface area contributed by atoms with Crippen LogP contribution in [0.1, 0.15) is 46.9 Å². The second-order valence-electron chi connectivity index (χ2n) is 6.34. The topological polar surface area (TPSA) is 38.3 Å². The van der Waals surface area contributed by atoms with E-state index in [9.17, 15) is 4.79 Å². The van der Waals surface area contributed by atoms with Gasteiger partial charge in [-0.1, -0.05) is 43.2 Å². The Bertz CT molecular complexity index is 654. The van der Waals surface area contributed by atoms with Crippen LogP contribution in [0.25, 0.3) is 0 Å². The molecule has 3 heteroatoms. The number of rotatable bonds is 5. The highest BCUT2D eigenvalue weighted by atomic mass is 16.5. The molecule has 0 spiro atoms. The molecule has 3 nitrogen and oxygen atoms in total. The molecule has 1 amide bonds. The van der Waals surface area contributed by atoms with Crippen molar-refractivity contribution in [3.8, 4) is 5.75 Å². The summed E-state index contributed by atoms with van der Waals surface area (Å²) in [5, 5.41) is 3.16. The molecule has 0 aromatic heterocycles. The van der Waals surface area contributed by atoms with Crippen molar-refractivity contribution in [1.29, 1.82) is 0 Å². The van der Waals surface area contributed by atoms with Gasteiger partial charge in [0.05, 0.1) is 13.2 Å². The first-order valence-corrected chi connectivity index (χ1v) is 7.94. The van der Waals surface area contributed by atoms with Gasteiger partial charge in [0.15, 0.2) is 0 Å². The van der Waals surface area contributed by atoms with E-state index in [1.165, 1.54) is 0 Å². The monoisotopic (exact) mass is 311 g/mol. The van der Waals surface area contributed by atoms with Gasteiger partial charge in [-0.2, -0.15) is 0 Å². The summed E-state index contributed by atoms with van der Waals surface area (Å²) in [6.07, 6.45) is 0. The van der Waals surface area contributed by atoms with E-state index in [1.807, 2.05) is 50.2 Å². The maximum Gasteiger partial charge on any atom is 0.251 e. The molecule has 1 N–H and O–H groups in total. The maximum absolute atomic E-state index is 12.6. The summed E-state index contributed by atoms with van der Waals surface area (Å²) in [4.78, 5) is 12.6. The van der Waals surface area contributed by atoms with Gasteiger partial charge >= 0.3 is 0 Å². The third-order valence-corrected chi connectivity index (χ3v) is 3.91. The summed E-state index contributed by atoms with van der Waals surface area (Å²) in [7, 11) is 1.65. The number of aryl methyl sites for hydroxylation is 2. The molecule has 0 heterocycles. The molecular weight excluding hydrogens is 286 g/mol. The molecule has 2 aromatic carbocycles. The lowest BCUT2D eigenvalue weighted by molar-refractivity contribution is 0.0925. The predicted molar refractivity (Wildman–Crippen MR) is 94.0 cm³/mol. The summed E-state index contributed by atoms with van der Waals surface area (Å²) < 4.78 is 5.20. The number of ether oxygens (including phenoxy) is 1. The number of carbonyl (C=O) groups excluding carboxylic acids is 1. The van der Waals surface area contributed by atoms with Gasteiger partial charge in [-0.05, 0) is 49.6 Å². The van der Waals surface area contributed by atoms with E-state index >= 15 is 0 Å². The van der Waals surface area contributed by atoms with Crippen molar-refractivity contribution in [2.45, 2.75) is 33.7 Å². The third-order valence-electron chi connectivity index (χ3n) is 3.91. The molecule has 0 radical (unpaired) electrons. The molecule has 2 rings (SSSR count). The zero-order valence-electron chi connectivity index (χ0n) is 14.5. The lowest BCUT2D eigenvalue weighted by Crippen LogP contribution is -2.31. The fourth-order valence-corrected chi connectivity index (χ4v) is 2.78. The van der Waals surface area contributed by atoms with E-state index in [0.29, 0.717) is 11.5 Å². The highest BCUT2D eigenvalue weighted by Gasteiger charge is 2.19. The van der Waals surface area contributed by atoms with Crippen LogP contribution in [0.3, 0.4) is 0 Å². The van der Waals surface area contributed by atoms with Crippen molar-refractivity contribution in [2.24, 2.45) is 5.92 Å². The smallest absolute Gasteiger partial charge is 0.251 e. The van der Waals surface area contributed by atoms with Gasteiger partial charge in [0.2, 0.25) is 0 Å². The zero-order chi connectivity index (χ0) is 17.0. The first-order chi connectivity index (χ1) is 10.9. The van der Waals surface area contributed by atoms with Gasteiger partial charge in [0.25, 0.3) is 5.91 Å². The fraction of sp³-hybridized carbons (Fsp3) is 0.350. The Morgan fingerprint density at radius 2 is 1.57 bits per heavy atom. The molecule has 0 fully saturated rings. The lowest BCUT2D eigenvalue weighted by Gasteiger charge is -2.23. The Labute approximate surface area is 138 Å². The first-order valence-electron chi connectivity index (χ1n) is 7.94. The summed E-state index contributed by atoms with van der Waals surface area (Å²) in [5.74, 6) is 1.07. The molecule has 0 saturated heterocycles. The van der Waals surface area contributed by atoms with Crippen molar-refractivity contribution in [2.75, 3.05) is 7.11 Å². The van der Waals surface area contributed by atoms with E-state index in [0.717, 1.165) is 22.4 Å². The van der Waals surface area contributed by atoms with Gasteiger partial charge in [0, 0.05) is 5.56 Å². The molecule has 122 valence electrons. The molecule has 0 saturated carbocycles. The molecule has 2 aromatic rings. The van der Waals surface area contributed by atoms with Crippen LogP contribution in [0.15, 0.2) is 42.5 Å². The van der Waals surface area contributed by atoms with Crippen molar-refractivity contribution in [3.63, 3.8) is 0 Å². The minimum Gasteiger partial charge on any atom is -0.497 e. The van der Waals surface area contributed by atoms with Crippen LogP contribution in [0, 0.1) is 19.8 Å².